The molecule has 0 bridgehead atoms. The summed E-state index contributed by atoms with van der Waals surface area (Å²) in [6.45, 7) is 3.39. The number of rotatable bonds is 2. The average Bonchev–Trinajstić information content (AvgIpc) is 2.89. The summed E-state index contributed by atoms with van der Waals surface area (Å²) >= 11 is 0. The van der Waals surface area contributed by atoms with Crippen LogP contribution in [-0.2, 0) is 0 Å². The largest absolute Gasteiger partial charge is 0.309 e. The van der Waals surface area contributed by atoms with E-state index >= 15 is 0 Å². The highest BCUT2D eigenvalue weighted by atomic mass is 15.4. The molecule has 1 saturated heterocycles. The summed E-state index contributed by atoms with van der Waals surface area (Å²) in [4.78, 5) is 0. The molecule has 94 valence electrons. The Hall–Kier alpha value is -1.68. The number of benzene rings is 1. The van der Waals surface area contributed by atoms with Crippen molar-refractivity contribution in [2.45, 2.75) is 25.8 Å². The lowest BCUT2D eigenvalue weighted by Gasteiger charge is -2.28. The van der Waals surface area contributed by atoms with Crippen molar-refractivity contribution in [2.75, 3.05) is 6.54 Å². The topological polar surface area (TPSA) is 42.7 Å². The molecule has 2 atom stereocenters. The van der Waals surface area contributed by atoms with Crippen LogP contribution in [0.25, 0.3) is 5.69 Å². The van der Waals surface area contributed by atoms with E-state index in [1.165, 1.54) is 6.42 Å². The molecular weight excluding hydrogens is 224 g/mol. The van der Waals surface area contributed by atoms with E-state index in [0.717, 1.165) is 30.3 Å². The van der Waals surface area contributed by atoms with Crippen LogP contribution >= 0.6 is 0 Å². The van der Waals surface area contributed by atoms with E-state index in [-0.39, 0.29) is 0 Å². The molecule has 0 aliphatic carbocycles. The molecule has 0 spiro atoms. The normalized spacial score (nSPS) is 24.1. The maximum Gasteiger partial charge on any atom is 0.0815 e. The highest BCUT2D eigenvalue weighted by Gasteiger charge is 2.23. The van der Waals surface area contributed by atoms with Crippen LogP contribution in [0.15, 0.2) is 36.5 Å². The van der Waals surface area contributed by atoms with E-state index in [1.54, 1.807) is 0 Å². The van der Waals surface area contributed by atoms with E-state index < -0.39 is 0 Å². The van der Waals surface area contributed by atoms with Gasteiger partial charge in [0.2, 0.25) is 0 Å². The summed E-state index contributed by atoms with van der Waals surface area (Å²) in [5.41, 5.74) is 2.23. The molecule has 2 heterocycles. The minimum Gasteiger partial charge on any atom is -0.309 e. The zero-order valence-electron chi connectivity index (χ0n) is 10.6. The Bertz CT molecular complexity index is 506. The molecule has 1 N–H and O–H groups in total. The van der Waals surface area contributed by atoms with Gasteiger partial charge < -0.3 is 5.32 Å². The molecule has 0 saturated carbocycles. The van der Waals surface area contributed by atoms with Crippen LogP contribution in [0, 0.1) is 5.92 Å². The molecule has 4 heteroatoms. The average molecular weight is 242 g/mol. The number of nitrogens with one attached hydrogen (secondary N) is 1. The minimum atomic E-state index is 0.365. The lowest BCUT2D eigenvalue weighted by molar-refractivity contribution is 0.317. The van der Waals surface area contributed by atoms with E-state index in [1.807, 2.05) is 29.1 Å². The second-order valence-corrected chi connectivity index (χ2v) is 5.04. The summed E-state index contributed by atoms with van der Waals surface area (Å²) in [5.74, 6) is 0.760. The van der Waals surface area contributed by atoms with Gasteiger partial charge in [0.05, 0.1) is 23.6 Å². The Labute approximate surface area is 107 Å². The first-order valence-electron chi connectivity index (χ1n) is 6.54. The quantitative estimate of drug-likeness (QED) is 0.879. The lowest BCUT2D eigenvalue weighted by Crippen LogP contribution is -2.32. The molecule has 3 rings (SSSR count). The maximum atomic E-state index is 4.21. The molecule has 0 radical (unpaired) electrons. The third-order valence-electron chi connectivity index (χ3n) is 3.60. The summed E-state index contributed by atoms with van der Waals surface area (Å²) in [7, 11) is 0. The minimum absolute atomic E-state index is 0.365. The van der Waals surface area contributed by atoms with Crippen LogP contribution in [0.3, 0.4) is 0 Å². The van der Waals surface area contributed by atoms with Crippen molar-refractivity contribution >= 4 is 0 Å². The predicted molar refractivity (Wildman–Crippen MR) is 70.5 cm³/mol. The van der Waals surface area contributed by atoms with Crippen LogP contribution in [0.1, 0.15) is 31.5 Å². The van der Waals surface area contributed by atoms with Gasteiger partial charge in [0.1, 0.15) is 0 Å². The van der Waals surface area contributed by atoms with Crippen LogP contribution in [0.4, 0.5) is 0 Å². The number of hydrogen-bond donors (Lipinski definition) is 1. The lowest BCUT2D eigenvalue weighted by atomic mass is 9.93. The monoisotopic (exact) mass is 242 g/mol. The Morgan fingerprint density at radius 3 is 2.89 bits per heavy atom. The number of piperidine rings is 1. The molecule has 1 fully saturated rings. The first kappa shape index (κ1) is 11.4. The fourth-order valence-corrected chi connectivity index (χ4v) is 2.58. The maximum absolute atomic E-state index is 4.21. The van der Waals surface area contributed by atoms with Gasteiger partial charge in [0.15, 0.2) is 0 Å². The zero-order chi connectivity index (χ0) is 12.4. The van der Waals surface area contributed by atoms with Crippen LogP contribution in [-0.4, -0.2) is 21.5 Å². The molecule has 4 nitrogen and oxygen atoms in total. The van der Waals surface area contributed by atoms with E-state index in [2.05, 4.69) is 34.7 Å². The summed E-state index contributed by atoms with van der Waals surface area (Å²) in [6, 6.07) is 10.6. The fraction of sp³-hybridized carbons (Fsp3) is 0.429. The molecule has 18 heavy (non-hydrogen) atoms. The van der Waals surface area contributed by atoms with E-state index in [4.69, 9.17) is 0 Å². The first-order chi connectivity index (χ1) is 8.84. The molecule has 1 aromatic carbocycles. The van der Waals surface area contributed by atoms with Crippen LogP contribution < -0.4 is 5.32 Å². The van der Waals surface area contributed by atoms with Gasteiger partial charge >= 0.3 is 0 Å². The van der Waals surface area contributed by atoms with Gasteiger partial charge in [0, 0.05) is 0 Å². The molecule has 2 aromatic rings. The first-order valence-corrected chi connectivity index (χ1v) is 6.54. The molecular formula is C14H18N4. The second-order valence-electron chi connectivity index (χ2n) is 5.04. The summed E-state index contributed by atoms with van der Waals surface area (Å²) in [5, 5.41) is 11.8. The predicted octanol–water partition coefficient (Wildman–Crippen LogP) is 2.33. The van der Waals surface area contributed by atoms with Crippen molar-refractivity contribution < 1.29 is 0 Å². The molecule has 1 aromatic heterocycles. The van der Waals surface area contributed by atoms with Gasteiger partial charge in [-0.15, -0.1) is 5.10 Å². The van der Waals surface area contributed by atoms with Gasteiger partial charge in [-0.1, -0.05) is 30.3 Å². The zero-order valence-corrected chi connectivity index (χ0v) is 10.6. The van der Waals surface area contributed by atoms with Crippen LogP contribution in [0.5, 0.6) is 0 Å². The molecule has 1 aliphatic rings. The number of nitrogens with zero attached hydrogens (tertiary/aromatic N) is 3. The Kier molecular flexibility index (Phi) is 3.11. The molecule has 1 aliphatic heterocycles. The Morgan fingerprint density at radius 1 is 1.28 bits per heavy atom. The summed E-state index contributed by atoms with van der Waals surface area (Å²) < 4.78 is 1.94. The molecule has 2 unspecified atom stereocenters. The highest BCUT2D eigenvalue weighted by molar-refractivity contribution is 5.32. The SMILES string of the molecule is CC1CCNC(c2cnnn2-c2ccccc2)C1. The van der Waals surface area contributed by atoms with Crippen molar-refractivity contribution in [3.8, 4) is 5.69 Å². The smallest absolute Gasteiger partial charge is 0.0815 e. The van der Waals surface area contributed by atoms with E-state index in [0.29, 0.717) is 6.04 Å². The van der Waals surface area contributed by atoms with Crippen molar-refractivity contribution in [3.05, 3.63) is 42.2 Å². The Morgan fingerprint density at radius 2 is 2.11 bits per heavy atom. The summed E-state index contributed by atoms with van der Waals surface area (Å²) in [6.07, 6.45) is 4.28. The molecule has 0 amide bonds. The number of aromatic nitrogens is 3. The van der Waals surface area contributed by atoms with Crippen LogP contribution in [0.2, 0.25) is 0 Å². The van der Waals surface area contributed by atoms with Gasteiger partial charge in [-0.2, -0.15) is 0 Å². The van der Waals surface area contributed by atoms with Crippen molar-refractivity contribution in [2.24, 2.45) is 5.92 Å². The van der Waals surface area contributed by atoms with Crippen molar-refractivity contribution in [1.29, 1.82) is 0 Å². The van der Waals surface area contributed by atoms with Gasteiger partial charge in [0.25, 0.3) is 0 Å². The van der Waals surface area contributed by atoms with Gasteiger partial charge in [-0.25, -0.2) is 4.68 Å². The van der Waals surface area contributed by atoms with Crippen molar-refractivity contribution in [3.63, 3.8) is 0 Å². The third kappa shape index (κ3) is 2.16. The van der Waals surface area contributed by atoms with Gasteiger partial charge in [-0.3, -0.25) is 0 Å². The van der Waals surface area contributed by atoms with E-state index in [9.17, 15) is 0 Å². The number of hydrogen-bond acceptors (Lipinski definition) is 3. The Balaban J connectivity index is 1.92. The third-order valence-corrected chi connectivity index (χ3v) is 3.60. The van der Waals surface area contributed by atoms with Crippen molar-refractivity contribution in [1.82, 2.24) is 20.3 Å². The second kappa shape index (κ2) is 4.90. The van der Waals surface area contributed by atoms with Gasteiger partial charge in [-0.05, 0) is 37.4 Å². The highest BCUT2D eigenvalue weighted by Crippen LogP contribution is 2.27. The fourth-order valence-electron chi connectivity index (χ4n) is 2.58. The number of para-hydroxylation sites is 1. The standard InChI is InChI=1S/C14H18N4/c1-11-7-8-15-13(9-11)14-10-16-17-18(14)12-5-3-2-4-6-12/h2-6,10-11,13,15H,7-9H2,1H3.